The van der Waals surface area contributed by atoms with Crippen LogP contribution in [-0.4, -0.2) is 29.4 Å². The Balaban J connectivity index is 2.05. The second-order valence-electron chi connectivity index (χ2n) is 5.65. The van der Waals surface area contributed by atoms with Gasteiger partial charge in [-0.05, 0) is 57.4 Å². The van der Waals surface area contributed by atoms with Crippen molar-refractivity contribution in [3.8, 4) is 0 Å². The Kier molecular flexibility index (Phi) is 2.68. The number of hydrogen-bond acceptors (Lipinski definition) is 1. The number of hydrogen-bond donors (Lipinski definition) is 1. The van der Waals surface area contributed by atoms with E-state index in [1.165, 1.54) is 11.0 Å². The molecule has 0 radical (unpaired) electrons. The molecule has 0 saturated carbocycles. The molecule has 3 rings (SSSR count). The van der Waals surface area contributed by atoms with Crippen LogP contribution >= 0.6 is 0 Å². The summed E-state index contributed by atoms with van der Waals surface area (Å²) in [5.41, 5.74) is 1.01. The van der Waals surface area contributed by atoms with Gasteiger partial charge >= 0.3 is 6.18 Å². The maximum absolute atomic E-state index is 13.4. The molecule has 114 valence electrons. The Labute approximate surface area is 126 Å². The van der Waals surface area contributed by atoms with Crippen molar-refractivity contribution in [1.29, 1.82) is 0 Å². The van der Waals surface area contributed by atoms with Crippen molar-refractivity contribution in [2.75, 3.05) is 13.5 Å². The molecule has 1 aliphatic rings. The zero-order valence-electron chi connectivity index (χ0n) is 14.7. The van der Waals surface area contributed by atoms with E-state index in [4.69, 9.17) is 4.11 Å². The molecule has 1 fully saturated rings. The number of rotatable bonds is 2. The van der Waals surface area contributed by atoms with Gasteiger partial charge in [-0.3, -0.25) is 0 Å². The molecule has 21 heavy (non-hydrogen) atoms. The third-order valence-corrected chi connectivity index (χ3v) is 4.26. The lowest BCUT2D eigenvalue weighted by molar-refractivity contribution is -0.136. The van der Waals surface area contributed by atoms with Gasteiger partial charge in [0.1, 0.15) is 0 Å². The summed E-state index contributed by atoms with van der Waals surface area (Å²) in [6.07, 6.45) is -2.71. The van der Waals surface area contributed by atoms with Crippen molar-refractivity contribution in [2.24, 2.45) is 0 Å². The highest BCUT2D eigenvalue weighted by molar-refractivity contribution is 5.88. The van der Waals surface area contributed by atoms with Crippen molar-refractivity contribution >= 4 is 10.9 Å². The summed E-state index contributed by atoms with van der Waals surface area (Å²) < 4.78 is 63.0. The number of alkyl halides is 3. The average molecular weight is 299 g/mol. The molecule has 1 saturated heterocycles. The van der Waals surface area contributed by atoms with E-state index >= 15 is 0 Å². The summed E-state index contributed by atoms with van der Waals surface area (Å²) in [7, 11) is 0. The Hall–Kier alpha value is -1.49. The van der Waals surface area contributed by atoms with Crippen LogP contribution in [0, 0.1) is 6.92 Å². The van der Waals surface area contributed by atoms with Crippen LogP contribution in [0.15, 0.2) is 18.2 Å². The van der Waals surface area contributed by atoms with Gasteiger partial charge in [0.15, 0.2) is 0 Å². The molecule has 5 heteroatoms. The van der Waals surface area contributed by atoms with E-state index < -0.39 is 18.7 Å². The van der Waals surface area contributed by atoms with Crippen molar-refractivity contribution in [3.05, 3.63) is 35.0 Å². The molecule has 1 aliphatic heterocycles. The SMILES string of the molecule is [2H]C([2H])([2H])N1CCC[C@@H]1Cc1c(C)[nH]c2cccc(C(F)(F)F)c12. The Morgan fingerprint density at radius 1 is 1.43 bits per heavy atom. The summed E-state index contributed by atoms with van der Waals surface area (Å²) in [4.78, 5) is 4.44. The Morgan fingerprint density at radius 3 is 2.95 bits per heavy atom. The molecule has 0 aliphatic carbocycles. The van der Waals surface area contributed by atoms with E-state index in [0.717, 1.165) is 12.5 Å². The number of likely N-dealkylation sites (tertiary alicyclic amines) is 1. The lowest BCUT2D eigenvalue weighted by atomic mass is 9.98. The van der Waals surface area contributed by atoms with E-state index in [9.17, 15) is 13.2 Å². The van der Waals surface area contributed by atoms with Gasteiger partial charge in [0.05, 0.1) is 5.56 Å². The van der Waals surface area contributed by atoms with Crippen LogP contribution in [0.25, 0.3) is 10.9 Å². The van der Waals surface area contributed by atoms with Gasteiger partial charge in [-0.1, -0.05) is 6.07 Å². The Morgan fingerprint density at radius 2 is 2.24 bits per heavy atom. The first-order valence-corrected chi connectivity index (χ1v) is 7.03. The first-order chi connectivity index (χ1) is 11.1. The number of aromatic amines is 1. The highest BCUT2D eigenvalue weighted by Gasteiger charge is 2.34. The fourth-order valence-electron chi connectivity index (χ4n) is 3.22. The number of aryl methyl sites for hydroxylation is 1. The topological polar surface area (TPSA) is 19.0 Å². The summed E-state index contributed by atoms with van der Waals surface area (Å²) in [6.45, 7) is -0.0210. The van der Waals surface area contributed by atoms with Gasteiger partial charge in [0, 0.05) is 26.8 Å². The fourth-order valence-corrected chi connectivity index (χ4v) is 3.22. The largest absolute Gasteiger partial charge is 0.417 e. The molecule has 2 heterocycles. The number of halogens is 3. The quantitative estimate of drug-likeness (QED) is 0.883. The molecular weight excluding hydrogens is 277 g/mol. The van der Waals surface area contributed by atoms with Gasteiger partial charge in [-0.15, -0.1) is 0 Å². The smallest absolute Gasteiger partial charge is 0.358 e. The second-order valence-corrected chi connectivity index (χ2v) is 5.65. The minimum atomic E-state index is -4.44. The molecule has 2 aromatic rings. The summed E-state index contributed by atoms with van der Waals surface area (Å²) >= 11 is 0. The van der Waals surface area contributed by atoms with Crippen molar-refractivity contribution in [3.63, 3.8) is 0 Å². The maximum atomic E-state index is 13.4. The normalized spacial score (nSPS) is 23.2. The Bertz CT molecular complexity index is 749. The van der Waals surface area contributed by atoms with Crippen LogP contribution in [0.5, 0.6) is 0 Å². The predicted molar refractivity (Wildman–Crippen MR) is 77.4 cm³/mol. The number of H-pyrrole nitrogens is 1. The minimum absolute atomic E-state index is 0.167. The highest BCUT2D eigenvalue weighted by Crippen LogP contribution is 2.38. The lowest BCUT2D eigenvalue weighted by Crippen LogP contribution is -2.27. The second kappa shape index (κ2) is 5.05. The average Bonchev–Trinajstić information content (AvgIpc) is 3.03. The van der Waals surface area contributed by atoms with Crippen LogP contribution in [-0.2, 0) is 12.6 Å². The van der Waals surface area contributed by atoms with Gasteiger partial charge < -0.3 is 9.88 Å². The zero-order chi connectivity index (χ0) is 17.7. The fraction of sp³-hybridized carbons (Fsp3) is 0.500. The zero-order valence-corrected chi connectivity index (χ0v) is 11.7. The molecule has 0 amide bonds. The molecule has 0 unspecified atom stereocenters. The third kappa shape index (κ3) is 2.55. The van der Waals surface area contributed by atoms with Crippen LogP contribution in [0.2, 0.25) is 0 Å². The number of benzene rings is 1. The molecule has 1 aromatic heterocycles. The summed E-state index contributed by atoms with van der Waals surface area (Å²) in [6, 6.07) is 3.82. The van der Waals surface area contributed by atoms with E-state index in [1.807, 2.05) is 0 Å². The number of aromatic nitrogens is 1. The van der Waals surface area contributed by atoms with Gasteiger partial charge in [0.2, 0.25) is 0 Å². The predicted octanol–water partition coefficient (Wildman–Crippen LogP) is 4.13. The number of nitrogens with one attached hydrogen (secondary N) is 1. The standard InChI is InChI=1S/C16H19F3N2/c1-10-12(9-11-5-4-8-21(11)2)15-13(16(17,18)19)6-3-7-14(15)20-10/h3,6-7,11,20H,4-5,8-9H2,1-2H3/t11-/m1/s1/i2D3. The van der Waals surface area contributed by atoms with Gasteiger partial charge in [-0.25, -0.2) is 0 Å². The van der Waals surface area contributed by atoms with E-state index in [1.54, 1.807) is 13.0 Å². The molecule has 2 nitrogen and oxygen atoms in total. The van der Waals surface area contributed by atoms with Gasteiger partial charge in [0.25, 0.3) is 0 Å². The monoisotopic (exact) mass is 299 g/mol. The highest BCUT2D eigenvalue weighted by atomic mass is 19.4. The van der Waals surface area contributed by atoms with Crippen LogP contribution < -0.4 is 0 Å². The van der Waals surface area contributed by atoms with Crippen molar-refractivity contribution < 1.29 is 17.3 Å². The van der Waals surface area contributed by atoms with Crippen molar-refractivity contribution in [1.82, 2.24) is 9.88 Å². The van der Waals surface area contributed by atoms with Crippen LogP contribution in [0.1, 0.15) is 33.8 Å². The van der Waals surface area contributed by atoms with Crippen LogP contribution in [0.4, 0.5) is 13.2 Å². The van der Waals surface area contributed by atoms with E-state index in [-0.39, 0.29) is 11.4 Å². The molecule has 1 atom stereocenters. The summed E-state index contributed by atoms with van der Waals surface area (Å²) in [5, 5.41) is 0.167. The molecule has 1 aromatic carbocycles. The number of nitrogens with zero attached hydrogens (tertiary/aromatic N) is 1. The third-order valence-electron chi connectivity index (χ3n) is 4.26. The van der Waals surface area contributed by atoms with Gasteiger partial charge in [-0.2, -0.15) is 13.2 Å². The number of likely N-dealkylation sites (N-methyl/N-ethyl adjacent to an activating group) is 1. The van der Waals surface area contributed by atoms with Crippen LogP contribution in [0.3, 0.4) is 0 Å². The lowest BCUT2D eigenvalue weighted by Gasteiger charge is -2.20. The molecule has 0 bridgehead atoms. The van der Waals surface area contributed by atoms with E-state index in [0.29, 0.717) is 36.2 Å². The van der Waals surface area contributed by atoms with E-state index in [2.05, 4.69) is 4.98 Å². The molecular formula is C16H19F3N2. The first kappa shape index (κ1) is 11.1. The first-order valence-electron chi connectivity index (χ1n) is 8.53. The molecule has 1 N–H and O–H groups in total. The number of fused-ring (bicyclic) bond motifs is 1. The molecule has 0 spiro atoms. The van der Waals surface area contributed by atoms with Crippen molar-refractivity contribution in [2.45, 2.75) is 38.4 Å². The minimum Gasteiger partial charge on any atom is -0.358 e. The summed E-state index contributed by atoms with van der Waals surface area (Å²) in [5.74, 6) is 0. The maximum Gasteiger partial charge on any atom is 0.417 e.